The first-order chi connectivity index (χ1) is 9.45. The molecule has 20 heavy (non-hydrogen) atoms. The number of rotatable bonds is 3. The summed E-state index contributed by atoms with van der Waals surface area (Å²) < 4.78 is 22.2. The largest absolute Gasteiger partial charge is 0.323 e. The van der Waals surface area contributed by atoms with Crippen LogP contribution in [-0.4, -0.2) is 14.4 Å². The number of carbonyl (C=O) groups is 1. The number of sulfonamides is 1. The number of primary sulfonamides is 1. The third-order valence-electron chi connectivity index (χ3n) is 3.09. The Morgan fingerprint density at radius 1 is 1.15 bits per heavy atom. The Hall–Kier alpha value is -1.86. The Bertz CT molecular complexity index is 613. The molecule has 1 aromatic rings. The van der Waals surface area contributed by atoms with Gasteiger partial charge in [-0.3, -0.25) is 0 Å². The van der Waals surface area contributed by atoms with Gasteiger partial charge in [0.15, 0.2) is 0 Å². The van der Waals surface area contributed by atoms with Crippen molar-refractivity contribution in [1.82, 2.24) is 5.32 Å². The quantitative estimate of drug-likeness (QED) is 0.793. The zero-order valence-corrected chi connectivity index (χ0v) is 11.7. The predicted octanol–water partition coefficient (Wildman–Crippen LogP) is 1.91. The van der Waals surface area contributed by atoms with Gasteiger partial charge >= 0.3 is 6.03 Å². The number of hydrogen-bond acceptors (Lipinski definition) is 3. The summed E-state index contributed by atoms with van der Waals surface area (Å²) in [7, 11) is -3.71. The first-order valence-corrected chi connectivity index (χ1v) is 7.88. The Kier molecular flexibility index (Phi) is 4.41. The molecule has 4 N–H and O–H groups in total. The van der Waals surface area contributed by atoms with E-state index < -0.39 is 10.0 Å². The first kappa shape index (κ1) is 14.5. The number of carbonyl (C=O) groups excluding carboxylic acids is 1. The second-order valence-electron chi connectivity index (χ2n) is 4.68. The lowest BCUT2D eigenvalue weighted by Gasteiger charge is -2.06. The van der Waals surface area contributed by atoms with Crippen molar-refractivity contribution < 1.29 is 13.2 Å². The maximum absolute atomic E-state index is 11.6. The third-order valence-corrected chi connectivity index (χ3v) is 4.02. The molecule has 1 aromatic carbocycles. The molecule has 0 aliphatic heterocycles. The number of benzene rings is 1. The highest BCUT2D eigenvalue weighted by Crippen LogP contribution is 2.22. The van der Waals surface area contributed by atoms with Crippen molar-refractivity contribution in [3.63, 3.8) is 0 Å². The number of anilines is 1. The summed E-state index contributed by atoms with van der Waals surface area (Å²) in [6.07, 6.45) is 6.14. The molecule has 2 rings (SSSR count). The number of amides is 2. The van der Waals surface area contributed by atoms with Gasteiger partial charge in [-0.15, -0.1) is 0 Å². The normalized spacial score (nSPS) is 14.9. The van der Waals surface area contributed by atoms with Gasteiger partial charge in [-0.05, 0) is 49.9 Å². The predicted molar refractivity (Wildman–Crippen MR) is 76.5 cm³/mol. The van der Waals surface area contributed by atoms with Crippen LogP contribution in [0.25, 0.3) is 0 Å². The average Bonchev–Trinajstić information content (AvgIpc) is 2.89. The molecule has 0 heterocycles. The molecule has 0 radical (unpaired) electrons. The molecule has 0 unspecified atom stereocenters. The Balaban J connectivity index is 1.92. The van der Waals surface area contributed by atoms with Gasteiger partial charge in [-0.25, -0.2) is 18.4 Å². The number of hydrogen-bond donors (Lipinski definition) is 3. The van der Waals surface area contributed by atoms with Gasteiger partial charge in [0.05, 0.1) is 4.90 Å². The lowest BCUT2D eigenvalue weighted by atomic mass is 10.2. The number of nitrogens with two attached hydrogens (primary N) is 1. The van der Waals surface area contributed by atoms with Gasteiger partial charge in [0, 0.05) is 11.9 Å². The number of urea groups is 1. The van der Waals surface area contributed by atoms with Gasteiger partial charge in [0.1, 0.15) is 0 Å². The zero-order chi connectivity index (χ0) is 14.6. The van der Waals surface area contributed by atoms with E-state index in [-0.39, 0.29) is 10.9 Å². The third kappa shape index (κ3) is 4.07. The van der Waals surface area contributed by atoms with Crippen LogP contribution in [0.15, 0.2) is 40.9 Å². The summed E-state index contributed by atoms with van der Waals surface area (Å²) in [5.41, 5.74) is 1.74. The van der Waals surface area contributed by atoms with E-state index in [1.807, 2.05) is 0 Å². The van der Waals surface area contributed by atoms with Gasteiger partial charge in [0.25, 0.3) is 0 Å². The van der Waals surface area contributed by atoms with Gasteiger partial charge in [-0.1, -0.05) is 5.57 Å². The highest BCUT2D eigenvalue weighted by molar-refractivity contribution is 7.89. The molecular formula is C13H17N3O3S. The first-order valence-electron chi connectivity index (χ1n) is 6.33. The van der Waals surface area contributed by atoms with E-state index in [2.05, 4.69) is 10.6 Å². The van der Waals surface area contributed by atoms with Crippen molar-refractivity contribution in [1.29, 1.82) is 0 Å². The van der Waals surface area contributed by atoms with Crippen molar-refractivity contribution in [2.45, 2.75) is 30.6 Å². The Labute approximate surface area is 118 Å². The molecule has 1 aliphatic rings. The molecule has 0 atom stereocenters. The van der Waals surface area contributed by atoms with Crippen LogP contribution in [0.4, 0.5) is 10.5 Å². The summed E-state index contributed by atoms with van der Waals surface area (Å²) in [5, 5.41) is 10.3. The van der Waals surface area contributed by atoms with Crippen molar-refractivity contribution in [2.24, 2.45) is 5.14 Å². The van der Waals surface area contributed by atoms with Crippen LogP contribution in [0.5, 0.6) is 0 Å². The average molecular weight is 295 g/mol. The monoisotopic (exact) mass is 295 g/mol. The van der Waals surface area contributed by atoms with Crippen molar-refractivity contribution in [3.05, 3.63) is 36.0 Å². The van der Waals surface area contributed by atoms with Gasteiger partial charge in [-0.2, -0.15) is 0 Å². The summed E-state index contributed by atoms with van der Waals surface area (Å²) >= 11 is 0. The van der Waals surface area contributed by atoms with Crippen LogP contribution in [-0.2, 0) is 10.0 Å². The lowest BCUT2D eigenvalue weighted by Crippen LogP contribution is -2.24. The minimum atomic E-state index is -3.71. The zero-order valence-electron chi connectivity index (χ0n) is 10.9. The molecule has 2 amide bonds. The standard InChI is InChI=1S/C13H17N3O3S/c14-20(18,19)12-7-5-11(6-8-12)16-13(17)15-9-10-3-1-2-4-10/h5-9H,1-4H2,(H2,14,18,19)(H2,15,16,17). The highest BCUT2D eigenvalue weighted by atomic mass is 32.2. The molecule has 0 bridgehead atoms. The van der Waals surface area contributed by atoms with Crippen LogP contribution in [0.2, 0.25) is 0 Å². The van der Waals surface area contributed by atoms with Gasteiger partial charge < -0.3 is 10.6 Å². The number of allylic oxidation sites excluding steroid dienone is 1. The van der Waals surface area contributed by atoms with Crippen LogP contribution in [0.3, 0.4) is 0 Å². The molecule has 0 aromatic heterocycles. The molecule has 1 aliphatic carbocycles. The summed E-state index contributed by atoms with van der Waals surface area (Å²) in [6, 6.07) is 5.32. The van der Waals surface area contributed by atoms with Gasteiger partial charge in [0.2, 0.25) is 10.0 Å². The maximum Gasteiger partial charge on any atom is 0.323 e. The molecule has 6 nitrogen and oxygen atoms in total. The fourth-order valence-electron chi connectivity index (χ4n) is 2.04. The molecule has 0 saturated heterocycles. The summed E-state index contributed by atoms with van der Waals surface area (Å²) in [6.45, 7) is 0. The van der Waals surface area contributed by atoms with Crippen molar-refractivity contribution >= 4 is 21.7 Å². The fraction of sp³-hybridized carbons (Fsp3) is 0.308. The smallest absolute Gasteiger partial charge is 0.314 e. The van der Waals surface area contributed by atoms with E-state index in [1.54, 1.807) is 6.20 Å². The minimum Gasteiger partial charge on any atom is -0.314 e. The number of nitrogens with one attached hydrogen (secondary N) is 2. The molecule has 108 valence electrons. The topological polar surface area (TPSA) is 101 Å². The van der Waals surface area contributed by atoms with Crippen LogP contribution in [0.1, 0.15) is 25.7 Å². The van der Waals surface area contributed by atoms with E-state index in [4.69, 9.17) is 5.14 Å². The second-order valence-corrected chi connectivity index (χ2v) is 6.24. The van der Waals surface area contributed by atoms with Crippen LogP contribution in [0, 0.1) is 0 Å². The summed E-state index contributed by atoms with van der Waals surface area (Å²) in [5.74, 6) is 0. The van der Waals surface area contributed by atoms with Crippen LogP contribution >= 0.6 is 0 Å². The second kappa shape index (κ2) is 6.06. The van der Waals surface area contributed by atoms with E-state index in [0.29, 0.717) is 5.69 Å². The Morgan fingerprint density at radius 2 is 1.75 bits per heavy atom. The molecular weight excluding hydrogens is 278 g/mol. The molecule has 0 spiro atoms. The molecule has 7 heteroatoms. The highest BCUT2D eigenvalue weighted by Gasteiger charge is 2.09. The molecule has 1 fully saturated rings. The fourth-order valence-corrected chi connectivity index (χ4v) is 2.55. The maximum atomic E-state index is 11.6. The van der Waals surface area contributed by atoms with Crippen molar-refractivity contribution in [3.8, 4) is 0 Å². The Morgan fingerprint density at radius 3 is 2.30 bits per heavy atom. The van der Waals surface area contributed by atoms with Crippen molar-refractivity contribution in [2.75, 3.05) is 5.32 Å². The minimum absolute atomic E-state index is 0.0107. The molecule has 1 saturated carbocycles. The summed E-state index contributed by atoms with van der Waals surface area (Å²) in [4.78, 5) is 11.7. The van der Waals surface area contributed by atoms with E-state index in [0.717, 1.165) is 12.8 Å². The van der Waals surface area contributed by atoms with E-state index in [1.165, 1.54) is 42.7 Å². The lowest BCUT2D eigenvalue weighted by molar-refractivity contribution is 0.255. The van der Waals surface area contributed by atoms with E-state index in [9.17, 15) is 13.2 Å². The van der Waals surface area contributed by atoms with Crippen LogP contribution < -0.4 is 15.8 Å². The van der Waals surface area contributed by atoms with E-state index >= 15 is 0 Å². The SMILES string of the molecule is NS(=O)(=O)c1ccc(NC(=O)NC=C2CCCC2)cc1.